The number of nitrogens with two attached hydrogens (primary N) is 1. The number of fused-ring (bicyclic) bond motifs is 1. The fraction of sp³-hybridized carbons (Fsp3) is 0.348. The number of β-lactam (4-membered cyclic amide) rings is 1. The average molecular weight is 695 g/mol. The number of thioether (sulfide) groups is 1. The van der Waals surface area contributed by atoms with Crippen molar-refractivity contribution in [2.45, 2.75) is 24.0 Å². The number of rotatable bonds is 10. The summed E-state index contributed by atoms with van der Waals surface area (Å²) in [5, 5.41) is 41.4. The number of anilines is 1. The Balaban J connectivity index is 0.000000738. The number of carbonyl (C=O) groups is 7. The molecule has 0 saturated carbocycles. The Morgan fingerprint density at radius 2 is 1.80 bits per heavy atom. The fourth-order valence-electron chi connectivity index (χ4n) is 4.04. The van der Waals surface area contributed by atoms with Crippen molar-refractivity contribution in [3.05, 3.63) is 34.0 Å². The molecule has 1 aromatic heterocycles. The van der Waals surface area contributed by atoms with Gasteiger partial charge in [-0.15, -0.1) is 23.1 Å². The van der Waals surface area contributed by atoms with Gasteiger partial charge in [-0.25, -0.2) is 19.4 Å². The zero-order valence-corrected chi connectivity index (χ0v) is 24.3. The number of alkyl halides is 3. The number of carbonyl (C=O) groups excluding carboxylic acids is 3. The van der Waals surface area contributed by atoms with E-state index in [0.29, 0.717) is 0 Å². The number of aliphatic carboxylic acids is 4. The third kappa shape index (κ3) is 8.29. The van der Waals surface area contributed by atoms with Gasteiger partial charge in [-0.1, -0.05) is 5.16 Å². The van der Waals surface area contributed by atoms with E-state index in [4.69, 9.17) is 25.8 Å². The maximum absolute atomic E-state index is 13.0. The average Bonchev–Trinajstić information content (AvgIpc) is 3.53. The van der Waals surface area contributed by atoms with Crippen LogP contribution in [0.15, 0.2) is 33.5 Å². The number of amides is 3. The number of halogens is 3. The van der Waals surface area contributed by atoms with Crippen LogP contribution in [0.3, 0.4) is 0 Å². The van der Waals surface area contributed by atoms with E-state index in [1.807, 2.05) is 0 Å². The van der Waals surface area contributed by atoms with Crippen LogP contribution in [-0.2, 0) is 38.4 Å². The number of oxime groups is 1. The highest BCUT2D eigenvalue weighted by atomic mass is 32.2. The summed E-state index contributed by atoms with van der Waals surface area (Å²) in [5.74, 6) is -8.79. The van der Waals surface area contributed by atoms with Gasteiger partial charge in [-0.2, -0.15) is 13.2 Å². The molecule has 3 amide bonds. The molecule has 4 rings (SSSR count). The highest BCUT2D eigenvalue weighted by Gasteiger charge is 2.54. The van der Waals surface area contributed by atoms with Gasteiger partial charge in [0.25, 0.3) is 11.8 Å². The van der Waals surface area contributed by atoms with Crippen LogP contribution in [0.1, 0.15) is 12.1 Å². The quantitative estimate of drug-likeness (QED) is 0.0753. The minimum atomic E-state index is -5.08. The summed E-state index contributed by atoms with van der Waals surface area (Å²) in [6, 6.07) is -1.15. The summed E-state index contributed by atoms with van der Waals surface area (Å²) in [6.45, 7) is -1.15. The standard InChI is InChI=1S/C21H20N6O10S2.C2HF3O2/c22-21-23-10(7-39-21)13(25-37-5-12(30)31)16(32)24-14-18(34)27-15(20(35)36)9(6-38-19(14)27)3-8-1-2-26(17(8)33)4-11(28)29;3-2(4,5)1(6)7/h3,7,14,19H,1-2,4-6H2,(H2,22,23)(H,24,32)(H,28,29)(H,30,31)(H,35,36);(H,6,7)/t14-,19-;/m1./s1. The first-order valence-electron chi connectivity index (χ1n) is 12.3. The Hall–Kier alpha value is -5.19. The molecule has 1 aromatic rings. The number of nitrogens with zero attached hydrogens (tertiary/aromatic N) is 4. The van der Waals surface area contributed by atoms with Crippen LogP contribution in [0.4, 0.5) is 18.3 Å². The molecule has 248 valence electrons. The molecule has 0 spiro atoms. The van der Waals surface area contributed by atoms with Crippen molar-refractivity contribution in [3.8, 4) is 0 Å². The normalized spacial score (nSPS) is 20.4. The van der Waals surface area contributed by atoms with Crippen LogP contribution in [0.25, 0.3) is 0 Å². The molecule has 23 heteroatoms. The number of carboxylic acids is 4. The van der Waals surface area contributed by atoms with Gasteiger partial charge in [0.2, 0.25) is 12.5 Å². The monoisotopic (exact) mass is 694 g/mol. The van der Waals surface area contributed by atoms with Gasteiger partial charge in [0.1, 0.15) is 29.4 Å². The molecule has 0 unspecified atom stereocenters. The van der Waals surface area contributed by atoms with E-state index in [0.717, 1.165) is 32.9 Å². The smallest absolute Gasteiger partial charge is 0.480 e. The predicted molar refractivity (Wildman–Crippen MR) is 147 cm³/mol. The second-order valence-electron chi connectivity index (χ2n) is 9.06. The van der Waals surface area contributed by atoms with Crippen LogP contribution in [0.2, 0.25) is 0 Å². The highest BCUT2D eigenvalue weighted by molar-refractivity contribution is 8.00. The summed E-state index contributed by atoms with van der Waals surface area (Å²) < 4.78 is 31.7. The van der Waals surface area contributed by atoms with E-state index in [-0.39, 0.29) is 46.4 Å². The lowest BCUT2D eigenvalue weighted by Crippen LogP contribution is -2.71. The third-order valence-electron chi connectivity index (χ3n) is 5.94. The SMILES string of the molecule is Nc1nc(C(=NOCC(=O)O)C(=O)N[C@@H]2C(=O)N3C(C(=O)O)=C(C=C4CCN(CC(=O)O)C4=O)CS[C@H]23)cs1.O=C(O)C(F)(F)F. The predicted octanol–water partition coefficient (Wildman–Crippen LogP) is -0.854. The van der Waals surface area contributed by atoms with E-state index in [2.05, 4.69) is 20.3 Å². The van der Waals surface area contributed by atoms with Crippen LogP contribution in [0, 0.1) is 0 Å². The molecule has 7 N–H and O–H groups in total. The first kappa shape index (κ1) is 35.3. The Labute approximate surface area is 261 Å². The van der Waals surface area contributed by atoms with Gasteiger partial charge in [0, 0.05) is 23.3 Å². The maximum atomic E-state index is 13.0. The fourth-order valence-corrected chi connectivity index (χ4v) is 5.90. The summed E-state index contributed by atoms with van der Waals surface area (Å²) in [6.07, 6.45) is -3.50. The molecule has 4 heterocycles. The number of thiazole rings is 1. The second kappa shape index (κ2) is 14.3. The number of allylic oxidation sites excluding steroid dienone is 1. The zero-order valence-electron chi connectivity index (χ0n) is 22.7. The number of hydrogen-bond acceptors (Lipinski definition) is 13. The van der Waals surface area contributed by atoms with Crippen molar-refractivity contribution in [1.82, 2.24) is 20.1 Å². The lowest BCUT2D eigenvalue weighted by atomic mass is 10.0. The van der Waals surface area contributed by atoms with Gasteiger partial charge >= 0.3 is 30.1 Å². The largest absolute Gasteiger partial charge is 0.490 e. The topological polar surface area (TPSA) is 279 Å². The summed E-state index contributed by atoms with van der Waals surface area (Å²) in [5.41, 5.74) is 5.23. The molecule has 2 atom stereocenters. The molecule has 3 aliphatic heterocycles. The van der Waals surface area contributed by atoms with Crippen LogP contribution in [-0.4, -0.2) is 126 Å². The minimum absolute atomic E-state index is 0.0153. The van der Waals surface area contributed by atoms with Crippen molar-refractivity contribution < 1.29 is 72.0 Å². The first-order chi connectivity index (χ1) is 21.4. The molecule has 0 aliphatic carbocycles. The van der Waals surface area contributed by atoms with E-state index >= 15 is 0 Å². The van der Waals surface area contributed by atoms with Crippen LogP contribution < -0.4 is 11.1 Å². The van der Waals surface area contributed by atoms with Crippen LogP contribution in [0.5, 0.6) is 0 Å². The number of nitrogen functional groups attached to an aromatic ring is 1. The number of aromatic nitrogens is 1. The Bertz CT molecular complexity index is 1570. The highest BCUT2D eigenvalue weighted by Crippen LogP contribution is 2.41. The third-order valence-corrected chi connectivity index (χ3v) is 7.92. The second-order valence-corrected chi connectivity index (χ2v) is 11.1. The maximum Gasteiger partial charge on any atom is 0.490 e. The zero-order chi connectivity index (χ0) is 34.5. The Kier molecular flexibility index (Phi) is 11.0. The van der Waals surface area contributed by atoms with Gasteiger partial charge < -0.3 is 41.2 Å². The Morgan fingerprint density at radius 1 is 1.15 bits per heavy atom. The molecule has 0 bridgehead atoms. The van der Waals surface area contributed by atoms with Crippen molar-refractivity contribution in [3.63, 3.8) is 0 Å². The summed E-state index contributed by atoms with van der Waals surface area (Å²) in [4.78, 5) is 91.9. The Morgan fingerprint density at radius 3 is 2.33 bits per heavy atom. The lowest BCUT2D eigenvalue weighted by Gasteiger charge is -2.49. The first-order valence-corrected chi connectivity index (χ1v) is 14.2. The molecule has 3 aliphatic rings. The van der Waals surface area contributed by atoms with Crippen molar-refractivity contribution in [2.24, 2.45) is 5.16 Å². The van der Waals surface area contributed by atoms with E-state index in [9.17, 15) is 47.0 Å². The lowest BCUT2D eigenvalue weighted by molar-refractivity contribution is -0.192. The van der Waals surface area contributed by atoms with E-state index in [1.54, 1.807) is 0 Å². The number of likely N-dealkylation sites (tertiary alicyclic amines) is 1. The number of hydrogen-bond donors (Lipinski definition) is 6. The van der Waals surface area contributed by atoms with Gasteiger partial charge in [-0.05, 0) is 18.1 Å². The van der Waals surface area contributed by atoms with Crippen LogP contribution >= 0.6 is 23.1 Å². The molecule has 2 saturated heterocycles. The number of nitrogens with one attached hydrogen (secondary N) is 1. The molecule has 18 nitrogen and oxygen atoms in total. The van der Waals surface area contributed by atoms with Crippen molar-refractivity contribution in [1.29, 1.82) is 0 Å². The molecule has 2 fully saturated rings. The van der Waals surface area contributed by atoms with Gasteiger partial charge in [0.15, 0.2) is 10.8 Å². The summed E-state index contributed by atoms with van der Waals surface area (Å²) in [7, 11) is 0. The van der Waals surface area contributed by atoms with Crippen molar-refractivity contribution in [2.75, 3.05) is 31.2 Å². The van der Waals surface area contributed by atoms with E-state index < -0.39 is 78.1 Å². The molecule has 46 heavy (non-hydrogen) atoms. The van der Waals surface area contributed by atoms with Gasteiger partial charge in [-0.3, -0.25) is 24.1 Å². The number of carboxylic acid groups (broad SMARTS) is 4. The summed E-state index contributed by atoms with van der Waals surface area (Å²) >= 11 is 2.14. The minimum Gasteiger partial charge on any atom is -0.480 e. The van der Waals surface area contributed by atoms with E-state index in [1.165, 1.54) is 11.5 Å². The molecule has 0 radical (unpaired) electrons. The van der Waals surface area contributed by atoms with Crippen molar-refractivity contribution >= 4 is 75.5 Å². The molecular weight excluding hydrogens is 673 g/mol. The molecular formula is C23H21F3N6O12S2. The molecule has 0 aromatic carbocycles. The van der Waals surface area contributed by atoms with Gasteiger partial charge in [0.05, 0.1) is 0 Å².